The molecule has 0 heterocycles. The number of hydrogen-bond donors (Lipinski definition) is 1. The number of aliphatic hydroxyl groups excluding tert-OH is 1. The van der Waals surface area contributed by atoms with Crippen LogP contribution in [0.5, 0.6) is 0 Å². The third-order valence-corrected chi connectivity index (χ3v) is 3.46. The zero-order chi connectivity index (χ0) is 12.3. The molecule has 0 aromatic rings. The van der Waals surface area contributed by atoms with E-state index in [-0.39, 0.29) is 24.0 Å². The Hall–Kier alpha value is 0.650. The Labute approximate surface area is 125 Å². The molecule has 0 aromatic heterocycles. The van der Waals surface area contributed by atoms with Crippen LogP contribution in [0.3, 0.4) is 0 Å². The molecule has 0 saturated heterocycles. The fraction of sp³-hybridized carbons (Fsp3) is 1.00. The SMILES string of the molecule is CCCCC[N+](C)(CCCO)CCCCC.[I-]. The predicted octanol–water partition coefficient (Wildman–Crippen LogP) is 0.200. The van der Waals surface area contributed by atoms with E-state index in [0.717, 1.165) is 13.0 Å². The van der Waals surface area contributed by atoms with Gasteiger partial charge in [0, 0.05) is 13.0 Å². The number of nitrogens with zero attached hydrogens (tertiary/aromatic N) is 1. The lowest BCUT2D eigenvalue weighted by Crippen LogP contribution is -3.00. The van der Waals surface area contributed by atoms with Crippen molar-refractivity contribution in [2.24, 2.45) is 0 Å². The standard InChI is InChI=1S/C14H32NO.HI/c1-4-6-8-11-15(3,13-10-14-16)12-9-7-5-2;/h16H,4-14H2,1-3H3;1H/q+1;/p-1. The number of unbranched alkanes of at least 4 members (excludes halogenated alkanes) is 4. The second-order valence-electron chi connectivity index (χ2n) is 5.28. The molecule has 2 nitrogen and oxygen atoms in total. The third kappa shape index (κ3) is 11.5. The Bertz CT molecular complexity index is 143. The molecule has 0 amide bonds. The van der Waals surface area contributed by atoms with Crippen LogP contribution in [-0.4, -0.2) is 42.9 Å². The second kappa shape index (κ2) is 13.1. The number of halogens is 1. The molecule has 17 heavy (non-hydrogen) atoms. The molecule has 0 rings (SSSR count). The van der Waals surface area contributed by atoms with Crippen molar-refractivity contribution in [2.75, 3.05) is 33.3 Å². The number of hydrogen-bond acceptors (Lipinski definition) is 1. The Morgan fingerprint density at radius 2 is 1.18 bits per heavy atom. The maximum Gasteiger partial charge on any atom is 0.0806 e. The number of rotatable bonds is 11. The lowest BCUT2D eigenvalue weighted by atomic mass is 10.1. The first-order valence-corrected chi connectivity index (χ1v) is 7.13. The van der Waals surface area contributed by atoms with E-state index in [0.29, 0.717) is 6.61 Å². The Balaban J connectivity index is 0. The minimum absolute atomic E-state index is 0. The van der Waals surface area contributed by atoms with Gasteiger partial charge in [0.25, 0.3) is 0 Å². The van der Waals surface area contributed by atoms with Crippen molar-refractivity contribution in [3.05, 3.63) is 0 Å². The molecule has 0 unspecified atom stereocenters. The molecule has 3 heteroatoms. The first-order chi connectivity index (χ1) is 7.68. The van der Waals surface area contributed by atoms with Crippen LogP contribution in [0.1, 0.15) is 58.8 Å². The third-order valence-electron chi connectivity index (χ3n) is 3.46. The second-order valence-corrected chi connectivity index (χ2v) is 5.28. The molecule has 0 atom stereocenters. The summed E-state index contributed by atoms with van der Waals surface area (Å²) in [4.78, 5) is 0. The van der Waals surface area contributed by atoms with Crippen molar-refractivity contribution in [3.8, 4) is 0 Å². The molecule has 1 N–H and O–H groups in total. The van der Waals surface area contributed by atoms with Gasteiger partial charge in [-0.3, -0.25) is 0 Å². The predicted molar refractivity (Wildman–Crippen MR) is 71.5 cm³/mol. The van der Waals surface area contributed by atoms with E-state index in [1.165, 1.54) is 56.1 Å². The fourth-order valence-corrected chi connectivity index (χ4v) is 2.27. The molecule has 0 radical (unpaired) electrons. The minimum atomic E-state index is 0. The molecule has 0 aliphatic rings. The molecule has 0 bridgehead atoms. The van der Waals surface area contributed by atoms with Gasteiger partial charge in [-0.05, 0) is 25.7 Å². The van der Waals surface area contributed by atoms with E-state index in [1.807, 2.05) is 0 Å². The van der Waals surface area contributed by atoms with Crippen molar-refractivity contribution < 1.29 is 33.6 Å². The highest BCUT2D eigenvalue weighted by Crippen LogP contribution is 2.11. The quantitative estimate of drug-likeness (QED) is 0.318. The highest BCUT2D eigenvalue weighted by Gasteiger charge is 2.19. The normalized spacial score (nSPS) is 11.3. The van der Waals surface area contributed by atoms with E-state index in [1.54, 1.807) is 0 Å². The highest BCUT2D eigenvalue weighted by molar-refractivity contribution is 4.46. The van der Waals surface area contributed by atoms with Crippen molar-refractivity contribution in [1.29, 1.82) is 0 Å². The van der Waals surface area contributed by atoms with Crippen LogP contribution in [0.2, 0.25) is 0 Å². The van der Waals surface area contributed by atoms with Gasteiger partial charge < -0.3 is 33.6 Å². The molecule has 0 aromatic carbocycles. The first kappa shape index (κ1) is 20.0. The van der Waals surface area contributed by atoms with Gasteiger partial charge in [0.1, 0.15) is 0 Å². The van der Waals surface area contributed by atoms with Crippen LogP contribution in [0, 0.1) is 0 Å². The molecule has 0 aliphatic heterocycles. The smallest absolute Gasteiger partial charge is 0.0806 e. The summed E-state index contributed by atoms with van der Waals surface area (Å²) in [5.74, 6) is 0. The van der Waals surface area contributed by atoms with Gasteiger partial charge in [0.15, 0.2) is 0 Å². The van der Waals surface area contributed by atoms with Crippen molar-refractivity contribution >= 4 is 0 Å². The van der Waals surface area contributed by atoms with Crippen LogP contribution in [0.15, 0.2) is 0 Å². The van der Waals surface area contributed by atoms with Gasteiger partial charge in [-0.1, -0.05) is 26.7 Å². The van der Waals surface area contributed by atoms with Crippen LogP contribution in [-0.2, 0) is 0 Å². The zero-order valence-corrected chi connectivity index (χ0v) is 14.2. The van der Waals surface area contributed by atoms with Crippen molar-refractivity contribution in [3.63, 3.8) is 0 Å². The first-order valence-electron chi connectivity index (χ1n) is 7.13. The van der Waals surface area contributed by atoms with Gasteiger partial charge in [-0.15, -0.1) is 0 Å². The van der Waals surface area contributed by atoms with Crippen LogP contribution >= 0.6 is 0 Å². The average Bonchev–Trinajstić information content (AvgIpc) is 2.27. The van der Waals surface area contributed by atoms with E-state index in [9.17, 15) is 0 Å². The van der Waals surface area contributed by atoms with E-state index < -0.39 is 0 Å². The van der Waals surface area contributed by atoms with Crippen LogP contribution < -0.4 is 24.0 Å². The lowest BCUT2D eigenvalue weighted by Gasteiger charge is -2.34. The van der Waals surface area contributed by atoms with Gasteiger partial charge in [0.2, 0.25) is 0 Å². The Morgan fingerprint density at radius 1 is 0.765 bits per heavy atom. The lowest BCUT2D eigenvalue weighted by molar-refractivity contribution is -0.910. The Kier molecular flexibility index (Phi) is 15.4. The summed E-state index contributed by atoms with van der Waals surface area (Å²) in [7, 11) is 2.36. The summed E-state index contributed by atoms with van der Waals surface area (Å²) >= 11 is 0. The largest absolute Gasteiger partial charge is 1.00 e. The van der Waals surface area contributed by atoms with Gasteiger partial charge in [-0.2, -0.15) is 0 Å². The molecule has 0 spiro atoms. The maximum atomic E-state index is 8.96. The summed E-state index contributed by atoms with van der Waals surface area (Å²) in [6.45, 7) is 8.58. The summed E-state index contributed by atoms with van der Waals surface area (Å²) in [5.41, 5.74) is 0. The molecular formula is C14H32INO. The molecule has 106 valence electrons. The number of aliphatic hydroxyl groups is 1. The highest BCUT2D eigenvalue weighted by atomic mass is 127. The van der Waals surface area contributed by atoms with Gasteiger partial charge >= 0.3 is 0 Å². The van der Waals surface area contributed by atoms with Crippen molar-refractivity contribution in [2.45, 2.75) is 58.8 Å². The fourth-order valence-electron chi connectivity index (χ4n) is 2.27. The summed E-state index contributed by atoms with van der Waals surface area (Å²) in [5, 5.41) is 8.96. The number of quaternary nitrogens is 1. The zero-order valence-electron chi connectivity index (χ0n) is 12.1. The van der Waals surface area contributed by atoms with E-state index in [4.69, 9.17) is 5.11 Å². The minimum Gasteiger partial charge on any atom is -1.00 e. The molecule has 0 saturated carbocycles. The van der Waals surface area contributed by atoms with E-state index >= 15 is 0 Å². The van der Waals surface area contributed by atoms with Crippen molar-refractivity contribution in [1.82, 2.24) is 0 Å². The molecular weight excluding hydrogens is 325 g/mol. The summed E-state index contributed by atoms with van der Waals surface area (Å²) < 4.78 is 1.17. The average molecular weight is 357 g/mol. The van der Waals surface area contributed by atoms with Gasteiger partial charge in [-0.25, -0.2) is 0 Å². The molecule has 0 aliphatic carbocycles. The van der Waals surface area contributed by atoms with E-state index in [2.05, 4.69) is 20.9 Å². The topological polar surface area (TPSA) is 20.2 Å². The Morgan fingerprint density at radius 3 is 1.53 bits per heavy atom. The van der Waals surface area contributed by atoms with Crippen LogP contribution in [0.25, 0.3) is 0 Å². The van der Waals surface area contributed by atoms with Gasteiger partial charge in [0.05, 0.1) is 26.7 Å². The maximum absolute atomic E-state index is 8.96. The molecule has 0 fully saturated rings. The monoisotopic (exact) mass is 357 g/mol. The summed E-state index contributed by atoms with van der Waals surface area (Å²) in [6, 6.07) is 0. The summed E-state index contributed by atoms with van der Waals surface area (Å²) in [6.07, 6.45) is 8.93. The van der Waals surface area contributed by atoms with Crippen LogP contribution in [0.4, 0.5) is 0 Å².